The molecule has 1 aromatic carbocycles. The number of aliphatic carboxylic acids is 1. The highest BCUT2D eigenvalue weighted by Gasteiger charge is 2.38. The molecular weight excluding hydrogens is 226 g/mol. The monoisotopic (exact) mass is 247 g/mol. The van der Waals surface area contributed by atoms with E-state index >= 15 is 0 Å². The Kier molecular flexibility index (Phi) is 4.02. The fourth-order valence-electron chi connectivity index (χ4n) is 2.71. The molecule has 0 saturated carbocycles. The molecule has 0 amide bonds. The Morgan fingerprint density at radius 1 is 1.39 bits per heavy atom. The zero-order chi connectivity index (χ0) is 13.0. The smallest absolute Gasteiger partial charge is 0.323 e. The van der Waals surface area contributed by atoms with Gasteiger partial charge in [0.25, 0.3) is 0 Å². The molecule has 0 aromatic heterocycles. The second-order valence-electron chi connectivity index (χ2n) is 5.20. The van der Waals surface area contributed by atoms with Crippen LogP contribution < -0.4 is 5.32 Å². The zero-order valence-electron chi connectivity index (χ0n) is 10.9. The number of nitrogens with one attached hydrogen (secondary N) is 1. The third-order valence-corrected chi connectivity index (χ3v) is 3.99. The number of aryl methyl sites for hydroxylation is 2. The van der Waals surface area contributed by atoms with E-state index in [4.69, 9.17) is 0 Å². The summed E-state index contributed by atoms with van der Waals surface area (Å²) >= 11 is 0. The van der Waals surface area contributed by atoms with Crippen LogP contribution in [-0.4, -0.2) is 23.2 Å². The standard InChI is InChI=1S/C15H21NO2/c1-12-6-2-3-7-13(12)8-10-15(14(17)18)9-4-5-11-16-15/h2-3,6-7,16H,4-5,8-11H2,1H3,(H,17,18). The van der Waals surface area contributed by atoms with Crippen molar-refractivity contribution in [1.82, 2.24) is 5.32 Å². The van der Waals surface area contributed by atoms with Gasteiger partial charge in [-0.15, -0.1) is 0 Å². The second kappa shape index (κ2) is 5.53. The van der Waals surface area contributed by atoms with Crippen LogP contribution >= 0.6 is 0 Å². The fourth-order valence-corrected chi connectivity index (χ4v) is 2.71. The van der Waals surface area contributed by atoms with E-state index in [-0.39, 0.29) is 0 Å². The first-order valence-corrected chi connectivity index (χ1v) is 6.67. The number of carboxylic acids is 1. The Morgan fingerprint density at radius 2 is 2.17 bits per heavy atom. The van der Waals surface area contributed by atoms with Gasteiger partial charge in [-0.1, -0.05) is 24.3 Å². The number of piperidine rings is 1. The average Bonchev–Trinajstić information content (AvgIpc) is 2.39. The number of hydrogen-bond acceptors (Lipinski definition) is 2. The van der Waals surface area contributed by atoms with E-state index in [9.17, 15) is 9.90 Å². The quantitative estimate of drug-likeness (QED) is 0.859. The number of carboxylic acid groups (broad SMARTS) is 1. The van der Waals surface area contributed by atoms with Gasteiger partial charge in [0.1, 0.15) is 5.54 Å². The number of carbonyl (C=O) groups is 1. The van der Waals surface area contributed by atoms with E-state index < -0.39 is 11.5 Å². The van der Waals surface area contributed by atoms with Crippen molar-refractivity contribution in [1.29, 1.82) is 0 Å². The lowest BCUT2D eigenvalue weighted by Crippen LogP contribution is -2.54. The summed E-state index contributed by atoms with van der Waals surface area (Å²) < 4.78 is 0. The molecule has 18 heavy (non-hydrogen) atoms. The van der Waals surface area contributed by atoms with Gasteiger partial charge in [0, 0.05) is 0 Å². The molecule has 1 heterocycles. The lowest BCUT2D eigenvalue weighted by atomic mass is 9.83. The highest BCUT2D eigenvalue weighted by Crippen LogP contribution is 2.25. The number of hydrogen-bond donors (Lipinski definition) is 2. The van der Waals surface area contributed by atoms with Crippen molar-refractivity contribution >= 4 is 5.97 Å². The van der Waals surface area contributed by atoms with Crippen molar-refractivity contribution in [2.75, 3.05) is 6.54 Å². The van der Waals surface area contributed by atoms with Crippen LogP contribution in [0.1, 0.15) is 36.8 Å². The van der Waals surface area contributed by atoms with Gasteiger partial charge in [-0.3, -0.25) is 4.79 Å². The number of rotatable bonds is 4. The van der Waals surface area contributed by atoms with Gasteiger partial charge in [0.2, 0.25) is 0 Å². The van der Waals surface area contributed by atoms with Gasteiger partial charge >= 0.3 is 5.97 Å². The van der Waals surface area contributed by atoms with Gasteiger partial charge in [0.15, 0.2) is 0 Å². The fraction of sp³-hybridized carbons (Fsp3) is 0.533. The first-order valence-electron chi connectivity index (χ1n) is 6.67. The minimum atomic E-state index is -0.708. The van der Waals surface area contributed by atoms with E-state index in [0.717, 1.165) is 32.2 Å². The van der Waals surface area contributed by atoms with Crippen LogP contribution in [0.4, 0.5) is 0 Å². The predicted octanol–water partition coefficient (Wildman–Crippen LogP) is 2.52. The summed E-state index contributed by atoms with van der Waals surface area (Å²) in [5, 5.41) is 12.7. The topological polar surface area (TPSA) is 49.3 Å². The number of benzene rings is 1. The molecule has 3 nitrogen and oxygen atoms in total. The molecule has 1 aliphatic rings. The molecule has 0 spiro atoms. The third-order valence-electron chi connectivity index (χ3n) is 3.99. The molecule has 1 saturated heterocycles. The van der Waals surface area contributed by atoms with Crippen LogP contribution in [0.2, 0.25) is 0 Å². The SMILES string of the molecule is Cc1ccccc1CCC1(C(=O)O)CCCCN1. The largest absolute Gasteiger partial charge is 0.480 e. The molecular formula is C15H21NO2. The van der Waals surface area contributed by atoms with Crippen molar-refractivity contribution in [2.45, 2.75) is 44.6 Å². The molecule has 1 atom stereocenters. The Morgan fingerprint density at radius 3 is 2.78 bits per heavy atom. The maximum absolute atomic E-state index is 11.5. The Bertz CT molecular complexity index is 422. The molecule has 1 unspecified atom stereocenters. The summed E-state index contributed by atoms with van der Waals surface area (Å²) in [6.07, 6.45) is 4.33. The van der Waals surface area contributed by atoms with E-state index in [2.05, 4.69) is 24.4 Å². The van der Waals surface area contributed by atoms with E-state index in [1.165, 1.54) is 11.1 Å². The summed E-state index contributed by atoms with van der Waals surface area (Å²) in [6.45, 7) is 2.90. The van der Waals surface area contributed by atoms with E-state index in [1.54, 1.807) is 0 Å². The second-order valence-corrected chi connectivity index (χ2v) is 5.20. The molecule has 1 aromatic rings. The molecule has 98 valence electrons. The maximum atomic E-state index is 11.5. The first-order chi connectivity index (χ1) is 8.64. The highest BCUT2D eigenvalue weighted by molar-refractivity contribution is 5.79. The van der Waals surface area contributed by atoms with Gasteiger partial charge in [-0.05, 0) is 56.7 Å². The molecule has 1 fully saturated rings. The lowest BCUT2D eigenvalue weighted by molar-refractivity contribution is -0.146. The van der Waals surface area contributed by atoms with Gasteiger partial charge in [-0.2, -0.15) is 0 Å². The maximum Gasteiger partial charge on any atom is 0.323 e. The Labute approximate surface area is 108 Å². The minimum Gasteiger partial charge on any atom is -0.480 e. The Balaban J connectivity index is 2.06. The molecule has 0 aliphatic carbocycles. The lowest BCUT2D eigenvalue weighted by Gasteiger charge is -2.34. The molecule has 2 N–H and O–H groups in total. The van der Waals surface area contributed by atoms with Gasteiger partial charge in [0.05, 0.1) is 0 Å². The highest BCUT2D eigenvalue weighted by atomic mass is 16.4. The van der Waals surface area contributed by atoms with Crippen LogP contribution in [0.5, 0.6) is 0 Å². The molecule has 0 radical (unpaired) electrons. The Hall–Kier alpha value is -1.35. The first kappa shape index (κ1) is 13.1. The van der Waals surface area contributed by atoms with Gasteiger partial charge < -0.3 is 10.4 Å². The van der Waals surface area contributed by atoms with Crippen molar-refractivity contribution in [3.05, 3.63) is 35.4 Å². The van der Waals surface area contributed by atoms with Crippen LogP contribution in [0.3, 0.4) is 0 Å². The molecule has 1 aliphatic heterocycles. The van der Waals surface area contributed by atoms with Crippen LogP contribution in [0, 0.1) is 6.92 Å². The van der Waals surface area contributed by atoms with Crippen molar-refractivity contribution in [3.8, 4) is 0 Å². The van der Waals surface area contributed by atoms with Crippen LogP contribution in [0.25, 0.3) is 0 Å². The van der Waals surface area contributed by atoms with Crippen LogP contribution in [0.15, 0.2) is 24.3 Å². The molecule has 3 heteroatoms. The molecule has 2 rings (SSSR count). The summed E-state index contributed by atoms with van der Waals surface area (Å²) in [6, 6.07) is 8.21. The van der Waals surface area contributed by atoms with E-state index in [0.29, 0.717) is 6.42 Å². The summed E-state index contributed by atoms with van der Waals surface area (Å²) in [4.78, 5) is 11.5. The minimum absolute atomic E-state index is 0.674. The van der Waals surface area contributed by atoms with E-state index in [1.807, 2.05) is 12.1 Å². The zero-order valence-corrected chi connectivity index (χ0v) is 10.9. The normalized spacial score (nSPS) is 23.8. The average molecular weight is 247 g/mol. The summed E-state index contributed by atoms with van der Waals surface area (Å²) in [7, 11) is 0. The van der Waals surface area contributed by atoms with Crippen molar-refractivity contribution in [3.63, 3.8) is 0 Å². The van der Waals surface area contributed by atoms with Crippen molar-refractivity contribution < 1.29 is 9.90 Å². The predicted molar refractivity (Wildman–Crippen MR) is 71.7 cm³/mol. The third kappa shape index (κ3) is 2.72. The van der Waals surface area contributed by atoms with Gasteiger partial charge in [-0.25, -0.2) is 0 Å². The summed E-state index contributed by atoms with van der Waals surface area (Å²) in [5.41, 5.74) is 1.79. The van der Waals surface area contributed by atoms with Crippen molar-refractivity contribution in [2.24, 2.45) is 0 Å². The van der Waals surface area contributed by atoms with Crippen LogP contribution in [-0.2, 0) is 11.2 Å². The molecule has 0 bridgehead atoms. The summed E-state index contributed by atoms with van der Waals surface area (Å²) in [5.74, 6) is -0.698.